The van der Waals surface area contributed by atoms with Crippen LogP contribution in [0.3, 0.4) is 0 Å². The zero-order chi connectivity index (χ0) is 17.8. The third-order valence-electron chi connectivity index (χ3n) is 2.97. The molecule has 23 heavy (non-hydrogen) atoms. The van der Waals surface area contributed by atoms with Gasteiger partial charge in [0.1, 0.15) is 5.82 Å². The molecule has 0 heterocycles. The van der Waals surface area contributed by atoms with E-state index in [0.29, 0.717) is 24.9 Å². The lowest BCUT2D eigenvalue weighted by atomic mass is 10.1. The number of hydrogen-bond acceptors (Lipinski definition) is 3. The predicted octanol–water partition coefficient (Wildman–Crippen LogP) is 2.95. The van der Waals surface area contributed by atoms with E-state index in [0.717, 1.165) is 12.3 Å². The second-order valence-corrected chi connectivity index (χ2v) is 8.32. The number of rotatable bonds is 7. The number of halogens is 1. The topological polar surface area (TPSA) is 66.5 Å². The van der Waals surface area contributed by atoms with Gasteiger partial charge in [0.15, 0.2) is 0 Å². The Morgan fingerprint density at radius 3 is 2.13 bits per heavy atom. The predicted molar refractivity (Wildman–Crippen MR) is 90.4 cm³/mol. The number of hydrogen-bond donors (Lipinski definition) is 1. The largest absolute Gasteiger partial charge is 0.338 e. The number of amides is 1. The number of nitrogens with one attached hydrogen (secondary N) is 1. The molecular formula is C16H25FN2O3S. The minimum Gasteiger partial charge on any atom is -0.338 e. The van der Waals surface area contributed by atoms with E-state index in [1.54, 1.807) is 4.90 Å². The molecule has 0 saturated heterocycles. The smallest absolute Gasteiger partial charge is 0.253 e. The van der Waals surface area contributed by atoms with Gasteiger partial charge in [-0.3, -0.25) is 9.52 Å². The molecule has 0 unspecified atom stereocenters. The number of anilines is 1. The van der Waals surface area contributed by atoms with Crippen LogP contribution in [0.15, 0.2) is 18.2 Å². The van der Waals surface area contributed by atoms with Crippen molar-refractivity contribution in [2.24, 2.45) is 11.8 Å². The summed E-state index contributed by atoms with van der Waals surface area (Å²) in [6.45, 7) is 9.24. The summed E-state index contributed by atoms with van der Waals surface area (Å²) >= 11 is 0. The van der Waals surface area contributed by atoms with Gasteiger partial charge in [0.05, 0.1) is 11.9 Å². The van der Waals surface area contributed by atoms with E-state index < -0.39 is 15.8 Å². The van der Waals surface area contributed by atoms with E-state index in [1.165, 1.54) is 12.1 Å². The van der Waals surface area contributed by atoms with Crippen LogP contribution in [-0.2, 0) is 10.0 Å². The Labute approximate surface area is 137 Å². The fourth-order valence-electron chi connectivity index (χ4n) is 2.24. The van der Waals surface area contributed by atoms with Crippen LogP contribution < -0.4 is 4.72 Å². The maximum atomic E-state index is 13.7. The van der Waals surface area contributed by atoms with Crippen LogP contribution in [0, 0.1) is 17.7 Å². The van der Waals surface area contributed by atoms with Gasteiger partial charge in [-0.1, -0.05) is 27.7 Å². The molecule has 0 atom stereocenters. The average Bonchev–Trinajstić information content (AvgIpc) is 2.37. The van der Waals surface area contributed by atoms with E-state index >= 15 is 0 Å². The van der Waals surface area contributed by atoms with Gasteiger partial charge in [-0.25, -0.2) is 12.8 Å². The van der Waals surface area contributed by atoms with Gasteiger partial charge < -0.3 is 4.90 Å². The third-order valence-corrected chi connectivity index (χ3v) is 3.56. The second kappa shape index (κ2) is 7.77. The van der Waals surface area contributed by atoms with E-state index in [9.17, 15) is 17.6 Å². The molecule has 130 valence electrons. The quantitative estimate of drug-likeness (QED) is 0.827. The lowest BCUT2D eigenvalue weighted by Gasteiger charge is -2.26. The number of benzene rings is 1. The number of nitrogens with zero attached hydrogens (tertiary/aromatic N) is 1. The van der Waals surface area contributed by atoms with Crippen molar-refractivity contribution in [3.63, 3.8) is 0 Å². The summed E-state index contributed by atoms with van der Waals surface area (Å²) in [5.74, 6) is -0.353. The minimum atomic E-state index is -3.62. The van der Waals surface area contributed by atoms with Gasteiger partial charge in [0.25, 0.3) is 5.91 Å². The van der Waals surface area contributed by atoms with Gasteiger partial charge in [-0.05, 0) is 30.0 Å². The first-order chi connectivity index (χ1) is 10.5. The minimum absolute atomic E-state index is 0.215. The molecule has 5 nitrogen and oxygen atoms in total. The summed E-state index contributed by atoms with van der Waals surface area (Å²) in [5.41, 5.74) is 0.0474. The molecule has 0 aromatic heterocycles. The Bertz CT molecular complexity index is 647. The first kappa shape index (κ1) is 19.4. The highest BCUT2D eigenvalue weighted by Crippen LogP contribution is 2.19. The van der Waals surface area contributed by atoms with Crippen molar-refractivity contribution >= 4 is 21.6 Å². The van der Waals surface area contributed by atoms with Gasteiger partial charge in [0, 0.05) is 18.7 Å². The van der Waals surface area contributed by atoms with Crippen molar-refractivity contribution in [3.8, 4) is 0 Å². The average molecular weight is 344 g/mol. The monoisotopic (exact) mass is 344 g/mol. The van der Waals surface area contributed by atoms with Crippen LogP contribution in [0.4, 0.5) is 10.1 Å². The van der Waals surface area contributed by atoms with E-state index in [-0.39, 0.29) is 17.2 Å². The van der Waals surface area contributed by atoms with Crippen molar-refractivity contribution in [1.29, 1.82) is 0 Å². The van der Waals surface area contributed by atoms with E-state index in [4.69, 9.17) is 0 Å². The molecule has 1 aromatic carbocycles. The Morgan fingerprint density at radius 1 is 1.17 bits per heavy atom. The van der Waals surface area contributed by atoms with Crippen LogP contribution in [0.1, 0.15) is 38.1 Å². The Morgan fingerprint density at radius 2 is 1.70 bits per heavy atom. The van der Waals surface area contributed by atoms with E-state index in [2.05, 4.69) is 4.72 Å². The molecule has 1 rings (SSSR count). The second-order valence-electron chi connectivity index (χ2n) is 6.57. The molecule has 0 aliphatic rings. The van der Waals surface area contributed by atoms with Gasteiger partial charge >= 0.3 is 0 Å². The summed E-state index contributed by atoms with van der Waals surface area (Å²) < 4.78 is 38.4. The molecule has 0 radical (unpaired) electrons. The van der Waals surface area contributed by atoms with Crippen molar-refractivity contribution in [1.82, 2.24) is 4.90 Å². The zero-order valence-corrected chi connectivity index (χ0v) is 15.1. The van der Waals surface area contributed by atoms with Crippen LogP contribution in [0.25, 0.3) is 0 Å². The summed E-state index contributed by atoms with van der Waals surface area (Å²) in [5, 5.41) is 0. The van der Waals surface area contributed by atoms with Crippen molar-refractivity contribution in [3.05, 3.63) is 29.6 Å². The SMILES string of the molecule is CC(C)CN(CC(C)C)C(=O)c1ccc(F)c(NS(C)(=O)=O)c1. The third kappa shape index (κ3) is 6.56. The number of sulfonamides is 1. The molecule has 0 aliphatic heterocycles. The normalized spacial score (nSPS) is 11.8. The Hall–Kier alpha value is -1.63. The van der Waals surface area contributed by atoms with Gasteiger partial charge in [0.2, 0.25) is 10.0 Å². The standard InChI is InChI=1S/C16H25FN2O3S/c1-11(2)9-19(10-12(3)4)16(20)13-6-7-14(17)15(8-13)18-23(5,21)22/h6-8,11-12,18H,9-10H2,1-5H3. The summed E-state index contributed by atoms with van der Waals surface area (Å²) in [6, 6.07) is 3.72. The molecule has 7 heteroatoms. The maximum absolute atomic E-state index is 13.7. The first-order valence-corrected chi connectivity index (χ1v) is 9.45. The summed E-state index contributed by atoms with van der Waals surface area (Å²) in [7, 11) is -3.62. The van der Waals surface area contributed by atoms with E-state index in [1.807, 2.05) is 27.7 Å². The number of carbonyl (C=O) groups excluding carboxylic acids is 1. The molecule has 0 bridgehead atoms. The van der Waals surface area contributed by atoms with Crippen LogP contribution in [0.2, 0.25) is 0 Å². The molecule has 1 N–H and O–H groups in total. The Kier molecular flexibility index (Phi) is 6.56. The van der Waals surface area contributed by atoms with Crippen molar-refractivity contribution in [2.75, 3.05) is 24.1 Å². The van der Waals surface area contributed by atoms with Gasteiger partial charge in [-0.15, -0.1) is 0 Å². The lowest BCUT2D eigenvalue weighted by Crippen LogP contribution is -2.37. The van der Waals surface area contributed by atoms with Crippen molar-refractivity contribution in [2.45, 2.75) is 27.7 Å². The van der Waals surface area contributed by atoms with Gasteiger partial charge in [-0.2, -0.15) is 0 Å². The molecule has 0 saturated carbocycles. The van der Waals surface area contributed by atoms with Crippen LogP contribution in [-0.4, -0.2) is 38.6 Å². The molecule has 1 aromatic rings. The summed E-state index contributed by atoms with van der Waals surface area (Å²) in [4.78, 5) is 14.4. The number of carbonyl (C=O) groups is 1. The molecule has 0 aliphatic carbocycles. The van der Waals surface area contributed by atoms with Crippen LogP contribution in [0.5, 0.6) is 0 Å². The zero-order valence-electron chi connectivity index (χ0n) is 14.3. The molecule has 0 spiro atoms. The molecular weight excluding hydrogens is 319 g/mol. The highest BCUT2D eigenvalue weighted by atomic mass is 32.2. The molecule has 0 fully saturated rings. The fourth-order valence-corrected chi connectivity index (χ4v) is 2.80. The highest BCUT2D eigenvalue weighted by molar-refractivity contribution is 7.92. The summed E-state index contributed by atoms with van der Waals surface area (Å²) in [6.07, 6.45) is 0.935. The Balaban J connectivity index is 3.11. The van der Waals surface area contributed by atoms with Crippen LogP contribution >= 0.6 is 0 Å². The lowest BCUT2D eigenvalue weighted by molar-refractivity contribution is 0.0715. The molecule has 1 amide bonds. The first-order valence-electron chi connectivity index (χ1n) is 7.56. The van der Waals surface area contributed by atoms with Crippen molar-refractivity contribution < 1.29 is 17.6 Å². The fraction of sp³-hybridized carbons (Fsp3) is 0.562. The maximum Gasteiger partial charge on any atom is 0.253 e. The highest BCUT2D eigenvalue weighted by Gasteiger charge is 2.20.